The molecule has 0 radical (unpaired) electrons. The van der Waals surface area contributed by atoms with E-state index in [1.165, 1.54) is 28.6 Å². The van der Waals surface area contributed by atoms with Gasteiger partial charge in [0.05, 0.1) is 16.6 Å². The van der Waals surface area contributed by atoms with Crippen molar-refractivity contribution in [3.05, 3.63) is 46.1 Å². The first-order chi connectivity index (χ1) is 17.7. The largest absolute Gasteiger partial charge is 0.418 e. The zero-order valence-electron chi connectivity index (χ0n) is 21.2. The van der Waals surface area contributed by atoms with Crippen LogP contribution in [0.25, 0.3) is 10.2 Å². The maximum Gasteiger partial charge on any atom is 0.418 e. The fourth-order valence-corrected chi connectivity index (χ4v) is 6.22. The van der Waals surface area contributed by atoms with Crippen molar-refractivity contribution in [2.45, 2.75) is 45.8 Å². The number of amides is 2. The molecule has 1 fully saturated rings. The number of nitrogens with zero attached hydrogens (tertiary/aromatic N) is 5. The fourth-order valence-electron chi connectivity index (χ4n) is 4.96. The molecule has 0 aliphatic carbocycles. The summed E-state index contributed by atoms with van der Waals surface area (Å²) >= 11 is 1.75. The lowest BCUT2D eigenvalue weighted by Gasteiger charge is -2.36. The number of carbonyl (C=O) groups excluding carboxylic acids is 1. The summed E-state index contributed by atoms with van der Waals surface area (Å²) in [7, 11) is 0. The average Bonchev–Trinajstić information content (AvgIpc) is 3.25. The number of halogens is 3. The Labute approximate surface area is 218 Å². The van der Waals surface area contributed by atoms with Gasteiger partial charge in [-0.25, -0.2) is 14.8 Å². The van der Waals surface area contributed by atoms with Gasteiger partial charge in [-0.15, -0.1) is 11.3 Å². The highest BCUT2D eigenvalue weighted by Crippen LogP contribution is 2.40. The van der Waals surface area contributed by atoms with Crippen molar-refractivity contribution in [1.82, 2.24) is 19.8 Å². The molecule has 7 nitrogen and oxygen atoms in total. The first kappa shape index (κ1) is 25.7. The highest BCUT2D eigenvalue weighted by molar-refractivity contribution is 7.19. The molecule has 37 heavy (non-hydrogen) atoms. The van der Waals surface area contributed by atoms with E-state index >= 15 is 0 Å². The number of urea groups is 1. The second-order valence-corrected chi connectivity index (χ2v) is 10.9. The number of likely N-dealkylation sites (N-methyl/N-ethyl adjacent to an activating group) is 1. The molecule has 0 spiro atoms. The number of para-hydroxylation sites is 1. The molecule has 0 saturated carbocycles. The molecule has 198 valence electrons. The van der Waals surface area contributed by atoms with Gasteiger partial charge in [-0.2, -0.15) is 13.2 Å². The summed E-state index contributed by atoms with van der Waals surface area (Å²) in [5, 5.41) is 3.58. The van der Waals surface area contributed by atoms with Crippen molar-refractivity contribution < 1.29 is 18.0 Å². The first-order valence-corrected chi connectivity index (χ1v) is 13.5. The van der Waals surface area contributed by atoms with Gasteiger partial charge in [0.2, 0.25) is 0 Å². The van der Waals surface area contributed by atoms with E-state index in [1.807, 2.05) is 0 Å². The smallest absolute Gasteiger partial charge is 0.352 e. The van der Waals surface area contributed by atoms with E-state index < -0.39 is 17.8 Å². The molecule has 0 atom stereocenters. The third kappa shape index (κ3) is 5.11. The number of hydrogen-bond acceptors (Lipinski definition) is 6. The Morgan fingerprint density at radius 1 is 1.11 bits per heavy atom. The Morgan fingerprint density at radius 3 is 2.51 bits per heavy atom. The summed E-state index contributed by atoms with van der Waals surface area (Å²) in [5.74, 6) is 1.89. The Balaban J connectivity index is 1.36. The molecular formula is C26H31F3N6OS. The summed E-state index contributed by atoms with van der Waals surface area (Å²) in [6, 6.07) is 4.52. The minimum atomic E-state index is -4.54. The zero-order valence-corrected chi connectivity index (χ0v) is 22.0. The topological polar surface area (TPSA) is 64.6 Å². The van der Waals surface area contributed by atoms with E-state index in [0.29, 0.717) is 26.2 Å². The molecule has 0 unspecified atom stereocenters. The molecule has 2 aliphatic rings. The quantitative estimate of drug-likeness (QED) is 0.476. The predicted molar refractivity (Wildman–Crippen MR) is 140 cm³/mol. The van der Waals surface area contributed by atoms with E-state index in [9.17, 15) is 18.0 Å². The number of thiophene rings is 1. The highest BCUT2D eigenvalue weighted by Gasteiger charge is 2.34. The minimum absolute atomic E-state index is 0.176. The maximum absolute atomic E-state index is 13.3. The van der Waals surface area contributed by atoms with Gasteiger partial charge in [0, 0.05) is 50.1 Å². The Bertz CT molecular complexity index is 1300. The van der Waals surface area contributed by atoms with Crippen LogP contribution in [0.15, 0.2) is 24.3 Å². The average molecular weight is 533 g/mol. The van der Waals surface area contributed by atoms with Gasteiger partial charge in [0.1, 0.15) is 16.5 Å². The molecule has 5 rings (SSSR count). The second kappa shape index (κ2) is 10.1. The lowest BCUT2D eigenvalue weighted by Crippen LogP contribution is -2.50. The van der Waals surface area contributed by atoms with Crippen LogP contribution >= 0.6 is 11.3 Å². The van der Waals surface area contributed by atoms with Crippen LogP contribution in [0.3, 0.4) is 0 Å². The number of anilines is 2. The van der Waals surface area contributed by atoms with E-state index in [-0.39, 0.29) is 11.6 Å². The van der Waals surface area contributed by atoms with Crippen molar-refractivity contribution >= 4 is 39.1 Å². The van der Waals surface area contributed by atoms with Crippen molar-refractivity contribution in [3.8, 4) is 0 Å². The molecule has 11 heteroatoms. The van der Waals surface area contributed by atoms with Crippen LogP contribution in [0.4, 0.5) is 29.5 Å². The van der Waals surface area contributed by atoms with Gasteiger partial charge < -0.3 is 15.1 Å². The van der Waals surface area contributed by atoms with Crippen LogP contribution in [0, 0.1) is 0 Å². The lowest BCUT2D eigenvalue weighted by molar-refractivity contribution is -0.136. The minimum Gasteiger partial charge on any atom is -0.352 e. The van der Waals surface area contributed by atoms with Crippen LogP contribution in [-0.4, -0.2) is 65.1 Å². The molecule has 4 heterocycles. The zero-order chi connectivity index (χ0) is 26.3. The fraction of sp³-hybridized carbons (Fsp3) is 0.500. The van der Waals surface area contributed by atoms with Gasteiger partial charge >= 0.3 is 12.2 Å². The first-order valence-electron chi connectivity index (χ1n) is 12.7. The number of aromatic nitrogens is 2. The maximum atomic E-state index is 13.3. The summed E-state index contributed by atoms with van der Waals surface area (Å²) < 4.78 is 40.0. The van der Waals surface area contributed by atoms with Crippen molar-refractivity contribution in [1.29, 1.82) is 0 Å². The van der Waals surface area contributed by atoms with E-state index in [0.717, 1.165) is 54.0 Å². The molecule has 1 N–H and O–H groups in total. The summed E-state index contributed by atoms with van der Waals surface area (Å²) in [5.41, 5.74) is 0.252. The van der Waals surface area contributed by atoms with Crippen molar-refractivity contribution in [3.63, 3.8) is 0 Å². The summed E-state index contributed by atoms with van der Waals surface area (Å²) in [6.45, 7) is 11.2. The SMILES string of the molecule is CCN1CCc2c(sc3nc(C(C)C)nc(N4CCN(C(=O)Nc5ccccc5C(F)(F)F)CC4)c23)C1. The monoisotopic (exact) mass is 532 g/mol. The Morgan fingerprint density at radius 2 is 1.84 bits per heavy atom. The Hall–Kier alpha value is -2.92. The van der Waals surface area contributed by atoms with Gasteiger partial charge in [-0.3, -0.25) is 4.90 Å². The lowest BCUT2D eigenvalue weighted by atomic mass is 10.0. The third-order valence-electron chi connectivity index (χ3n) is 7.08. The Kier molecular flexibility index (Phi) is 7.01. The van der Waals surface area contributed by atoms with Crippen molar-refractivity contribution in [2.75, 3.05) is 49.5 Å². The number of piperazine rings is 1. The summed E-state index contributed by atoms with van der Waals surface area (Å²) in [4.78, 5) is 31.3. The standard InChI is InChI=1S/C26H31F3N6OS/c1-4-33-10-9-17-20(15-33)37-24-21(17)23(31-22(32-24)16(2)3)34-11-13-35(14-12-34)25(36)30-19-8-6-5-7-18(19)26(27,28)29/h5-8,16H,4,9-15H2,1-3H3,(H,30,36). The number of hydrogen-bond donors (Lipinski definition) is 1. The van der Waals surface area contributed by atoms with Gasteiger partial charge in [-0.1, -0.05) is 32.9 Å². The number of fused-ring (bicyclic) bond motifs is 3. The van der Waals surface area contributed by atoms with Crippen LogP contribution in [0.1, 0.15) is 48.5 Å². The second-order valence-electron chi connectivity index (χ2n) is 9.81. The number of carbonyl (C=O) groups is 1. The molecule has 1 aromatic carbocycles. The normalized spacial score (nSPS) is 16.9. The van der Waals surface area contributed by atoms with Crippen LogP contribution in [0.5, 0.6) is 0 Å². The van der Waals surface area contributed by atoms with Crippen LogP contribution in [-0.2, 0) is 19.1 Å². The van der Waals surface area contributed by atoms with E-state index in [1.54, 1.807) is 16.2 Å². The number of alkyl halides is 3. The van der Waals surface area contributed by atoms with Crippen molar-refractivity contribution in [2.24, 2.45) is 0 Å². The van der Waals surface area contributed by atoms with E-state index in [2.05, 4.69) is 35.9 Å². The predicted octanol–water partition coefficient (Wildman–Crippen LogP) is 5.57. The highest BCUT2D eigenvalue weighted by atomic mass is 32.1. The van der Waals surface area contributed by atoms with E-state index in [4.69, 9.17) is 9.97 Å². The molecule has 2 amide bonds. The van der Waals surface area contributed by atoms with Crippen LogP contribution < -0.4 is 10.2 Å². The van der Waals surface area contributed by atoms with Gasteiger partial charge in [0.15, 0.2) is 0 Å². The molecule has 0 bridgehead atoms. The van der Waals surface area contributed by atoms with Crippen LogP contribution in [0.2, 0.25) is 0 Å². The summed E-state index contributed by atoms with van der Waals surface area (Å²) in [6.07, 6.45) is -3.58. The number of benzene rings is 1. The molecular weight excluding hydrogens is 501 g/mol. The molecule has 3 aromatic rings. The number of nitrogens with one attached hydrogen (secondary N) is 1. The molecule has 2 aromatic heterocycles. The van der Waals surface area contributed by atoms with Gasteiger partial charge in [0.25, 0.3) is 0 Å². The molecule has 1 saturated heterocycles. The third-order valence-corrected chi connectivity index (χ3v) is 8.19. The van der Waals surface area contributed by atoms with Gasteiger partial charge in [-0.05, 0) is 30.7 Å². The molecule has 2 aliphatic heterocycles. The number of rotatable bonds is 4.